The highest BCUT2D eigenvalue weighted by molar-refractivity contribution is 6.05. The van der Waals surface area contributed by atoms with Crippen molar-refractivity contribution in [3.05, 3.63) is 42.6 Å². The number of morpholine rings is 1. The van der Waals surface area contributed by atoms with Crippen LogP contribution in [0, 0.1) is 0 Å². The summed E-state index contributed by atoms with van der Waals surface area (Å²) >= 11 is 0. The third kappa shape index (κ3) is 6.19. The van der Waals surface area contributed by atoms with E-state index in [-0.39, 0.29) is 12.5 Å². The van der Waals surface area contributed by atoms with E-state index in [9.17, 15) is 4.79 Å². The van der Waals surface area contributed by atoms with Gasteiger partial charge in [0.15, 0.2) is 0 Å². The Kier molecular flexibility index (Phi) is 8.24. The molecule has 2 aromatic carbocycles. The summed E-state index contributed by atoms with van der Waals surface area (Å²) in [5.41, 5.74) is 2.38. The quantitative estimate of drug-likeness (QED) is 0.394. The van der Waals surface area contributed by atoms with Crippen molar-refractivity contribution in [1.82, 2.24) is 20.2 Å². The number of nitrogens with one attached hydrogen (secondary N) is 3. The molecule has 0 bridgehead atoms. The number of aromatic nitrogens is 2. The van der Waals surface area contributed by atoms with Gasteiger partial charge in [0.25, 0.3) is 0 Å². The Hall–Kier alpha value is -3.27. The minimum atomic E-state index is -0.0914. The number of anilines is 2. The van der Waals surface area contributed by atoms with E-state index in [1.54, 1.807) is 20.4 Å². The van der Waals surface area contributed by atoms with E-state index >= 15 is 0 Å². The molecule has 1 aromatic heterocycles. The highest BCUT2D eigenvalue weighted by Gasteiger charge is 2.12. The van der Waals surface area contributed by atoms with E-state index < -0.39 is 0 Å². The number of fused-ring (bicyclic) bond motifs is 1. The monoisotopic (exact) mass is 464 g/mol. The molecule has 1 fully saturated rings. The van der Waals surface area contributed by atoms with Gasteiger partial charge in [0, 0.05) is 43.0 Å². The molecule has 0 atom stereocenters. The van der Waals surface area contributed by atoms with E-state index in [0.717, 1.165) is 79.3 Å². The SMILES string of the molecule is CNc1nccc(-c2cc(NC(=O)CNCCCN3CCOCC3)c3cc(OC)ccc3c2)n1. The summed E-state index contributed by atoms with van der Waals surface area (Å²) < 4.78 is 10.8. The lowest BCUT2D eigenvalue weighted by Crippen LogP contribution is -2.38. The number of ether oxygens (including phenoxy) is 2. The minimum absolute atomic E-state index is 0.0914. The number of nitrogens with zero attached hydrogens (tertiary/aromatic N) is 3. The Bertz CT molecular complexity index is 1120. The number of benzene rings is 2. The van der Waals surface area contributed by atoms with Crippen molar-refractivity contribution in [2.24, 2.45) is 0 Å². The van der Waals surface area contributed by atoms with Crippen LogP contribution in [0.5, 0.6) is 5.75 Å². The van der Waals surface area contributed by atoms with Gasteiger partial charge in [-0.3, -0.25) is 9.69 Å². The zero-order valence-electron chi connectivity index (χ0n) is 19.8. The highest BCUT2D eigenvalue weighted by Crippen LogP contribution is 2.33. The van der Waals surface area contributed by atoms with Gasteiger partial charge in [-0.05, 0) is 55.2 Å². The van der Waals surface area contributed by atoms with Gasteiger partial charge in [0.1, 0.15) is 5.75 Å². The molecule has 0 spiro atoms. The fourth-order valence-electron chi connectivity index (χ4n) is 4.00. The van der Waals surface area contributed by atoms with Gasteiger partial charge in [-0.15, -0.1) is 0 Å². The third-order valence-electron chi connectivity index (χ3n) is 5.83. The molecule has 1 amide bonds. The Balaban J connectivity index is 1.45. The number of hydrogen-bond acceptors (Lipinski definition) is 8. The average Bonchev–Trinajstić information content (AvgIpc) is 2.88. The number of carbonyl (C=O) groups is 1. The minimum Gasteiger partial charge on any atom is -0.497 e. The van der Waals surface area contributed by atoms with Crippen molar-refractivity contribution in [3.8, 4) is 17.0 Å². The molecule has 1 aliphatic rings. The molecule has 3 N–H and O–H groups in total. The predicted molar refractivity (Wildman–Crippen MR) is 134 cm³/mol. The third-order valence-corrected chi connectivity index (χ3v) is 5.83. The summed E-state index contributed by atoms with van der Waals surface area (Å²) in [7, 11) is 3.42. The van der Waals surface area contributed by atoms with Crippen molar-refractivity contribution in [2.75, 3.05) is 70.7 Å². The van der Waals surface area contributed by atoms with Gasteiger partial charge < -0.3 is 25.4 Å². The van der Waals surface area contributed by atoms with Crippen molar-refractivity contribution in [3.63, 3.8) is 0 Å². The van der Waals surface area contributed by atoms with Gasteiger partial charge in [-0.25, -0.2) is 9.97 Å². The van der Waals surface area contributed by atoms with E-state index in [4.69, 9.17) is 9.47 Å². The molecule has 0 aliphatic carbocycles. The Labute approximate surface area is 199 Å². The molecule has 0 unspecified atom stereocenters. The summed E-state index contributed by atoms with van der Waals surface area (Å²) in [6, 6.07) is 11.7. The fourth-order valence-corrected chi connectivity index (χ4v) is 4.00. The lowest BCUT2D eigenvalue weighted by molar-refractivity contribution is -0.115. The Morgan fingerprint density at radius 1 is 1.18 bits per heavy atom. The first-order valence-corrected chi connectivity index (χ1v) is 11.6. The number of hydrogen-bond donors (Lipinski definition) is 3. The summed E-state index contributed by atoms with van der Waals surface area (Å²) in [5.74, 6) is 1.18. The molecule has 0 saturated carbocycles. The maximum Gasteiger partial charge on any atom is 0.238 e. The van der Waals surface area contributed by atoms with Crippen LogP contribution in [0.15, 0.2) is 42.6 Å². The lowest BCUT2D eigenvalue weighted by atomic mass is 10.0. The van der Waals surface area contributed by atoms with Crippen LogP contribution in [0.3, 0.4) is 0 Å². The van der Waals surface area contributed by atoms with Crippen LogP contribution in [0.25, 0.3) is 22.0 Å². The van der Waals surface area contributed by atoms with E-state index in [2.05, 4.69) is 36.9 Å². The Morgan fingerprint density at radius 2 is 2.03 bits per heavy atom. The van der Waals surface area contributed by atoms with Gasteiger partial charge in [0.05, 0.1) is 32.6 Å². The van der Waals surface area contributed by atoms with Crippen molar-refractivity contribution < 1.29 is 14.3 Å². The molecule has 180 valence electrons. The molecule has 0 radical (unpaired) electrons. The predicted octanol–water partition coefficient (Wildman–Crippen LogP) is 2.60. The van der Waals surface area contributed by atoms with Crippen LogP contribution in [-0.2, 0) is 9.53 Å². The van der Waals surface area contributed by atoms with Crippen molar-refractivity contribution >= 4 is 28.3 Å². The maximum absolute atomic E-state index is 12.8. The molecule has 1 aliphatic heterocycles. The summed E-state index contributed by atoms with van der Waals surface area (Å²) in [4.78, 5) is 23.9. The zero-order valence-corrected chi connectivity index (χ0v) is 19.8. The first kappa shape index (κ1) is 23.9. The van der Waals surface area contributed by atoms with Crippen molar-refractivity contribution in [1.29, 1.82) is 0 Å². The number of methoxy groups -OCH3 is 1. The van der Waals surface area contributed by atoms with Gasteiger partial charge >= 0.3 is 0 Å². The summed E-state index contributed by atoms with van der Waals surface area (Å²) in [5, 5.41) is 11.2. The second kappa shape index (κ2) is 11.7. The highest BCUT2D eigenvalue weighted by atomic mass is 16.5. The first-order chi connectivity index (χ1) is 16.7. The summed E-state index contributed by atoms with van der Waals surface area (Å²) in [6.45, 7) is 5.62. The smallest absolute Gasteiger partial charge is 0.238 e. The van der Waals surface area contributed by atoms with E-state index in [1.165, 1.54) is 0 Å². The van der Waals surface area contributed by atoms with Crippen LogP contribution < -0.4 is 20.7 Å². The zero-order chi connectivity index (χ0) is 23.8. The molecular formula is C25H32N6O3. The molecule has 1 saturated heterocycles. The van der Waals surface area contributed by atoms with Crippen LogP contribution >= 0.6 is 0 Å². The van der Waals surface area contributed by atoms with E-state index in [1.807, 2.05) is 30.3 Å². The van der Waals surface area contributed by atoms with Gasteiger partial charge in [-0.2, -0.15) is 0 Å². The summed E-state index contributed by atoms with van der Waals surface area (Å²) in [6.07, 6.45) is 2.70. The van der Waals surface area contributed by atoms with Crippen LogP contribution in [0.4, 0.5) is 11.6 Å². The number of rotatable bonds is 10. The second-order valence-corrected chi connectivity index (χ2v) is 8.16. The molecule has 3 aromatic rings. The van der Waals surface area contributed by atoms with Crippen LogP contribution in [0.1, 0.15) is 6.42 Å². The van der Waals surface area contributed by atoms with E-state index in [0.29, 0.717) is 5.95 Å². The second-order valence-electron chi connectivity index (χ2n) is 8.16. The number of carbonyl (C=O) groups excluding carboxylic acids is 1. The Morgan fingerprint density at radius 3 is 2.82 bits per heavy atom. The molecule has 9 heteroatoms. The molecule has 34 heavy (non-hydrogen) atoms. The van der Waals surface area contributed by atoms with Crippen molar-refractivity contribution in [2.45, 2.75) is 6.42 Å². The molecule has 9 nitrogen and oxygen atoms in total. The lowest BCUT2D eigenvalue weighted by Gasteiger charge is -2.26. The number of amides is 1. The van der Waals surface area contributed by atoms with Gasteiger partial charge in [0.2, 0.25) is 11.9 Å². The average molecular weight is 465 g/mol. The molecule has 4 rings (SSSR count). The van der Waals surface area contributed by atoms with Gasteiger partial charge in [-0.1, -0.05) is 6.07 Å². The maximum atomic E-state index is 12.8. The first-order valence-electron chi connectivity index (χ1n) is 11.6. The molecular weight excluding hydrogens is 432 g/mol. The standard InChI is InChI=1S/C25H32N6O3/c1-26-25-28-8-6-22(30-25)19-14-18-4-5-20(33-2)16-21(18)23(15-19)29-24(32)17-27-7-3-9-31-10-12-34-13-11-31/h4-6,8,14-16,27H,3,7,9-13,17H2,1-2H3,(H,29,32)(H,26,28,30). The van der Waals surface area contributed by atoms with Crippen LogP contribution in [0.2, 0.25) is 0 Å². The molecule has 2 heterocycles. The topological polar surface area (TPSA) is 101 Å². The normalized spacial score (nSPS) is 14.2. The largest absolute Gasteiger partial charge is 0.497 e. The fraction of sp³-hybridized carbons (Fsp3) is 0.400. The van der Waals surface area contributed by atoms with Crippen LogP contribution in [-0.4, -0.2) is 80.9 Å².